The van der Waals surface area contributed by atoms with E-state index in [0.29, 0.717) is 18.9 Å². The number of fused-ring (bicyclic) bond motifs is 1. The van der Waals surface area contributed by atoms with Crippen molar-refractivity contribution in [2.75, 3.05) is 26.4 Å². The number of rotatable bonds is 15. The first-order valence-corrected chi connectivity index (χ1v) is 14.4. The normalized spacial score (nSPS) is 11.0. The lowest BCUT2D eigenvalue weighted by Crippen LogP contribution is -2.14. The summed E-state index contributed by atoms with van der Waals surface area (Å²) < 4.78 is 24.8. The summed E-state index contributed by atoms with van der Waals surface area (Å²) in [5.74, 6) is 2.06. The van der Waals surface area contributed by atoms with Crippen LogP contribution >= 0.6 is 0 Å². The van der Waals surface area contributed by atoms with Crippen LogP contribution in [0.3, 0.4) is 0 Å². The summed E-state index contributed by atoms with van der Waals surface area (Å²) in [6.45, 7) is 10.7. The van der Waals surface area contributed by atoms with Gasteiger partial charge in [0.15, 0.2) is 6.61 Å². The minimum atomic E-state index is -0.370. The maximum atomic E-state index is 11.6. The predicted octanol–water partition coefficient (Wildman–Crippen LogP) is 7.96. The fourth-order valence-electron chi connectivity index (χ4n) is 4.72. The van der Waals surface area contributed by atoms with Crippen molar-refractivity contribution in [3.05, 3.63) is 77.9 Å². The van der Waals surface area contributed by atoms with Crippen LogP contribution in [0.15, 0.2) is 66.7 Å². The van der Waals surface area contributed by atoms with E-state index in [1.54, 1.807) is 6.92 Å². The molecule has 4 aromatic rings. The summed E-state index contributed by atoms with van der Waals surface area (Å²) in [6.07, 6.45) is 4.30. The SMILES string of the molecule is CCCCOc1ccc(-c2c(C)c3cc(OCCCC)ccc3n2Cc2ccc(OCC(=O)OCC)cc2)cc1. The topological polar surface area (TPSA) is 58.9 Å². The van der Waals surface area contributed by atoms with Crippen LogP contribution in [-0.2, 0) is 16.1 Å². The summed E-state index contributed by atoms with van der Waals surface area (Å²) in [4.78, 5) is 11.6. The monoisotopic (exact) mass is 543 g/mol. The number of aromatic nitrogens is 1. The highest BCUT2D eigenvalue weighted by Crippen LogP contribution is 2.36. The van der Waals surface area contributed by atoms with Gasteiger partial charge in [-0.1, -0.05) is 38.8 Å². The second-order valence-electron chi connectivity index (χ2n) is 9.90. The average Bonchev–Trinajstić information content (AvgIpc) is 3.24. The molecule has 6 nitrogen and oxygen atoms in total. The van der Waals surface area contributed by atoms with E-state index in [-0.39, 0.29) is 12.6 Å². The standard InChI is InChI=1S/C34H41NO5/c1-5-8-20-38-28-16-12-27(13-17-28)34-25(4)31-22-30(39-21-9-6-2)18-19-32(31)35(34)23-26-10-14-29(15-11-26)40-24-33(36)37-7-3/h10-19,22H,5-9,20-21,23-24H2,1-4H3. The number of nitrogens with zero attached hydrogens (tertiary/aromatic N) is 1. The molecule has 0 aliphatic heterocycles. The quantitative estimate of drug-likeness (QED) is 0.112. The van der Waals surface area contributed by atoms with E-state index in [4.69, 9.17) is 18.9 Å². The van der Waals surface area contributed by atoms with Gasteiger partial charge in [-0.25, -0.2) is 4.79 Å². The number of benzene rings is 3. The number of carbonyl (C=O) groups excluding carboxylic acids is 1. The molecule has 0 N–H and O–H groups in total. The number of hydrogen-bond acceptors (Lipinski definition) is 5. The number of ether oxygens (including phenoxy) is 4. The Morgan fingerprint density at radius 2 is 1.35 bits per heavy atom. The molecule has 0 spiro atoms. The van der Waals surface area contributed by atoms with Crippen molar-refractivity contribution in [3.63, 3.8) is 0 Å². The van der Waals surface area contributed by atoms with E-state index in [1.165, 1.54) is 16.6 Å². The summed E-state index contributed by atoms with van der Waals surface area (Å²) >= 11 is 0. The van der Waals surface area contributed by atoms with E-state index < -0.39 is 0 Å². The molecular weight excluding hydrogens is 502 g/mol. The highest BCUT2D eigenvalue weighted by molar-refractivity contribution is 5.92. The van der Waals surface area contributed by atoms with Gasteiger partial charge in [-0.3, -0.25) is 0 Å². The summed E-state index contributed by atoms with van der Waals surface area (Å²) in [5.41, 5.74) is 5.80. The third kappa shape index (κ3) is 7.38. The molecule has 4 rings (SSSR count). The summed E-state index contributed by atoms with van der Waals surface area (Å²) in [5, 5.41) is 1.18. The van der Waals surface area contributed by atoms with Gasteiger partial charge in [0, 0.05) is 17.4 Å². The zero-order chi connectivity index (χ0) is 28.3. The lowest BCUT2D eigenvalue weighted by molar-refractivity contribution is -0.145. The van der Waals surface area contributed by atoms with E-state index in [2.05, 4.69) is 67.8 Å². The maximum absolute atomic E-state index is 11.6. The zero-order valence-electron chi connectivity index (χ0n) is 24.2. The molecule has 6 heteroatoms. The Bertz CT molecular complexity index is 1370. The minimum absolute atomic E-state index is 0.0976. The molecule has 0 aliphatic rings. The molecule has 0 aliphatic carbocycles. The lowest BCUT2D eigenvalue weighted by Gasteiger charge is -2.14. The van der Waals surface area contributed by atoms with Gasteiger partial charge in [0.1, 0.15) is 17.2 Å². The van der Waals surface area contributed by atoms with Crippen LogP contribution in [0.1, 0.15) is 57.6 Å². The molecule has 0 bridgehead atoms. The van der Waals surface area contributed by atoms with Gasteiger partial charge in [0.2, 0.25) is 0 Å². The van der Waals surface area contributed by atoms with Crippen molar-refractivity contribution in [1.82, 2.24) is 4.57 Å². The van der Waals surface area contributed by atoms with E-state index in [1.807, 2.05) is 24.3 Å². The molecule has 3 aromatic carbocycles. The first-order chi connectivity index (χ1) is 19.5. The number of aryl methyl sites for hydroxylation is 1. The van der Waals surface area contributed by atoms with Gasteiger partial charge >= 0.3 is 5.97 Å². The van der Waals surface area contributed by atoms with Crippen molar-refractivity contribution < 1.29 is 23.7 Å². The molecule has 212 valence electrons. The predicted molar refractivity (Wildman–Crippen MR) is 161 cm³/mol. The Balaban J connectivity index is 1.64. The van der Waals surface area contributed by atoms with E-state index in [0.717, 1.165) is 67.0 Å². The second kappa shape index (κ2) is 14.5. The van der Waals surface area contributed by atoms with Crippen LogP contribution in [0, 0.1) is 6.92 Å². The Morgan fingerprint density at radius 3 is 2.00 bits per heavy atom. The Morgan fingerprint density at radius 1 is 0.750 bits per heavy atom. The molecule has 0 fully saturated rings. The molecule has 1 aromatic heterocycles. The molecular formula is C34H41NO5. The van der Waals surface area contributed by atoms with Crippen molar-refractivity contribution in [2.45, 2.75) is 59.9 Å². The molecule has 0 amide bonds. The maximum Gasteiger partial charge on any atom is 0.344 e. The third-order valence-electron chi connectivity index (χ3n) is 6.87. The fraction of sp³-hybridized carbons (Fsp3) is 0.382. The Kier molecular flexibility index (Phi) is 10.5. The first kappa shape index (κ1) is 29.1. The van der Waals surface area contributed by atoms with Gasteiger partial charge < -0.3 is 23.5 Å². The van der Waals surface area contributed by atoms with Crippen molar-refractivity contribution in [1.29, 1.82) is 0 Å². The van der Waals surface area contributed by atoms with Crippen LogP contribution in [-0.4, -0.2) is 37.0 Å². The van der Waals surface area contributed by atoms with E-state index >= 15 is 0 Å². The first-order valence-electron chi connectivity index (χ1n) is 14.4. The van der Waals surface area contributed by atoms with Crippen LogP contribution in [0.5, 0.6) is 17.2 Å². The Hall–Kier alpha value is -3.93. The van der Waals surface area contributed by atoms with Crippen molar-refractivity contribution in [2.24, 2.45) is 0 Å². The highest BCUT2D eigenvalue weighted by Gasteiger charge is 2.17. The van der Waals surface area contributed by atoms with Gasteiger partial charge in [-0.2, -0.15) is 0 Å². The van der Waals surface area contributed by atoms with Gasteiger partial charge in [0.05, 0.1) is 25.5 Å². The third-order valence-corrected chi connectivity index (χ3v) is 6.87. The van der Waals surface area contributed by atoms with Gasteiger partial charge in [-0.05, 0) is 98.0 Å². The lowest BCUT2D eigenvalue weighted by atomic mass is 10.1. The average molecular weight is 544 g/mol. The second-order valence-corrected chi connectivity index (χ2v) is 9.90. The summed E-state index contributed by atoms with van der Waals surface area (Å²) in [6, 6.07) is 22.7. The van der Waals surface area contributed by atoms with Gasteiger partial charge in [0.25, 0.3) is 0 Å². The largest absolute Gasteiger partial charge is 0.494 e. The van der Waals surface area contributed by atoms with Crippen LogP contribution < -0.4 is 14.2 Å². The molecule has 1 heterocycles. The van der Waals surface area contributed by atoms with Crippen molar-refractivity contribution >= 4 is 16.9 Å². The Labute approximate surface area is 237 Å². The van der Waals surface area contributed by atoms with Crippen LogP contribution in [0.4, 0.5) is 0 Å². The van der Waals surface area contributed by atoms with Crippen molar-refractivity contribution in [3.8, 4) is 28.5 Å². The van der Waals surface area contributed by atoms with Gasteiger partial charge in [-0.15, -0.1) is 0 Å². The molecule has 0 radical (unpaired) electrons. The minimum Gasteiger partial charge on any atom is -0.494 e. The number of esters is 1. The number of hydrogen-bond donors (Lipinski definition) is 0. The van der Waals surface area contributed by atoms with E-state index in [9.17, 15) is 4.79 Å². The number of carbonyl (C=O) groups is 1. The zero-order valence-corrected chi connectivity index (χ0v) is 24.2. The molecule has 0 saturated heterocycles. The molecule has 0 atom stereocenters. The summed E-state index contributed by atoms with van der Waals surface area (Å²) in [7, 11) is 0. The molecule has 0 unspecified atom stereocenters. The van der Waals surface area contributed by atoms with Crippen LogP contribution in [0.2, 0.25) is 0 Å². The molecule has 0 saturated carbocycles. The molecule has 40 heavy (non-hydrogen) atoms. The van der Waals surface area contributed by atoms with Crippen LogP contribution in [0.25, 0.3) is 22.2 Å². The smallest absolute Gasteiger partial charge is 0.344 e. The highest BCUT2D eigenvalue weighted by atomic mass is 16.6. The number of unbranched alkanes of at least 4 members (excludes halogenated alkanes) is 2. The fourth-order valence-corrected chi connectivity index (χ4v) is 4.72.